The van der Waals surface area contributed by atoms with Crippen molar-refractivity contribution >= 4 is 11.9 Å². The summed E-state index contributed by atoms with van der Waals surface area (Å²) in [7, 11) is 1.34. The summed E-state index contributed by atoms with van der Waals surface area (Å²) in [5, 5.41) is 0. The predicted molar refractivity (Wildman–Crippen MR) is 84.7 cm³/mol. The first kappa shape index (κ1) is 19.9. The van der Waals surface area contributed by atoms with Crippen LogP contribution in [0.5, 0.6) is 0 Å². The third kappa shape index (κ3) is 7.46. The average molecular weight is 300 g/mol. The molecule has 5 heteroatoms. The number of nitrogens with two attached hydrogens (primary N) is 1. The molecule has 0 saturated carbocycles. The van der Waals surface area contributed by atoms with Crippen LogP contribution in [0.25, 0.3) is 0 Å². The molecule has 1 amide bonds. The van der Waals surface area contributed by atoms with E-state index in [0.29, 0.717) is 18.9 Å². The minimum Gasteiger partial charge on any atom is -0.468 e. The number of methoxy groups -OCH3 is 1. The fraction of sp³-hybridized carbons (Fsp3) is 0.875. The van der Waals surface area contributed by atoms with E-state index in [0.717, 1.165) is 12.8 Å². The van der Waals surface area contributed by atoms with Crippen molar-refractivity contribution < 1.29 is 14.3 Å². The number of amides is 1. The van der Waals surface area contributed by atoms with E-state index < -0.39 is 0 Å². The van der Waals surface area contributed by atoms with Crippen LogP contribution < -0.4 is 5.73 Å². The lowest BCUT2D eigenvalue weighted by atomic mass is 9.76. The third-order valence-corrected chi connectivity index (χ3v) is 3.92. The van der Waals surface area contributed by atoms with Crippen molar-refractivity contribution in [2.45, 2.75) is 59.9 Å². The van der Waals surface area contributed by atoms with E-state index in [9.17, 15) is 9.59 Å². The van der Waals surface area contributed by atoms with Crippen molar-refractivity contribution in [3.8, 4) is 0 Å². The van der Waals surface area contributed by atoms with Gasteiger partial charge in [-0.1, -0.05) is 20.8 Å². The number of carbonyl (C=O) groups is 2. The van der Waals surface area contributed by atoms with Crippen LogP contribution in [0.1, 0.15) is 53.9 Å². The Bertz CT molecular complexity index is 335. The smallest absolute Gasteiger partial charge is 0.325 e. The van der Waals surface area contributed by atoms with Gasteiger partial charge in [0.2, 0.25) is 5.91 Å². The van der Waals surface area contributed by atoms with Gasteiger partial charge >= 0.3 is 5.97 Å². The molecule has 0 fully saturated rings. The lowest BCUT2D eigenvalue weighted by molar-refractivity contribution is -0.148. The maximum absolute atomic E-state index is 12.4. The molecule has 124 valence electrons. The zero-order chi connectivity index (χ0) is 16.6. The van der Waals surface area contributed by atoms with Crippen LogP contribution in [0.4, 0.5) is 0 Å². The largest absolute Gasteiger partial charge is 0.468 e. The van der Waals surface area contributed by atoms with Gasteiger partial charge in [0, 0.05) is 12.5 Å². The highest BCUT2D eigenvalue weighted by Crippen LogP contribution is 2.32. The fourth-order valence-corrected chi connectivity index (χ4v) is 2.42. The molecule has 0 aromatic carbocycles. The summed E-state index contributed by atoms with van der Waals surface area (Å²) in [6.07, 6.45) is 2.15. The Morgan fingerprint density at radius 3 is 2.14 bits per heavy atom. The monoisotopic (exact) mass is 300 g/mol. The van der Waals surface area contributed by atoms with Gasteiger partial charge in [-0.15, -0.1) is 0 Å². The van der Waals surface area contributed by atoms with E-state index in [1.807, 2.05) is 13.8 Å². The standard InChI is InChI=1S/C16H32N2O3/c1-12(2)18(11-15(20)21-6)14(19)8-7-13(9-10-17)16(3,4)5/h12-13H,7-11,17H2,1-6H3. The second kappa shape index (κ2) is 9.03. The van der Waals surface area contributed by atoms with Gasteiger partial charge in [-0.3, -0.25) is 9.59 Å². The summed E-state index contributed by atoms with van der Waals surface area (Å²) >= 11 is 0. The van der Waals surface area contributed by atoms with Gasteiger partial charge in [-0.25, -0.2) is 0 Å². The Hall–Kier alpha value is -1.10. The van der Waals surface area contributed by atoms with Gasteiger partial charge in [-0.05, 0) is 44.6 Å². The minimum atomic E-state index is -0.383. The van der Waals surface area contributed by atoms with E-state index >= 15 is 0 Å². The molecule has 0 saturated heterocycles. The molecular weight excluding hydrogens is 268 g/mol. The second-order valence-electron chi connectivity index (χ2n) is 6.87. The molecule has 0 aliphatic rings. The lowest BCUT2D eigenvalue weighted by Gasteiger charge is -2.32. The fourth-order valence-electron chi connectivity index (χ4n) is 2.42. The molecular formula is C16H32N2O3. The van der Waals surface area contributed by atoms with Crippen LogP contribution in [-0.2, 0) is 14.3 Å². The van der Waals surface area contributed by atoms with Gasteiger partial charge in [0.05, 0.1) is 7.11 Å². The third-order valence-electron chi connectivity index (χ3n) is 3.92. The Kier molecular flexibility index (Phi) is 8.55. The predicted octanol–water partition coefficient (Wildman–Crippen LogP) is 2.19. The van der Waals surface area contributed by atoms with Crippen molar-refractivity contribution in [1.29, 1.82) is 0 Å². The first-order chi connectivity index (χ1) is 9.63. The molecule has 21 heavy (non-hydrogen) atoms. The topological polar surface area (TPSA) is 72.6 Å². The van der Waals surface area contributed by atoms with E-state index in [1.54, 1.807) is 4.90 Å². The number of carbonyl (C=O) groups excluding carboxylic acids is 2. The molecule has 1 atom stereocenters. The second-order valence-corrected chi connectivity index (χ2v) is 6.87. The Balaban J connectivity index is 4.64. The SMILES string of the molecule is COC(=O)CN(C(=O)CCC(CCN)C(C)(C)C)C(C)C. The Morgan fingerprint density at radius 2 is 1.76 bits per heavy atom. The van der Waals surface area contributed by atoms with Gasteiger partial charge < -0.3 is 15.4 Å². The molecule has 1 unspecified atom stereocenters. The quantitative estimate of drug-likeness (QED) is 0.697. The minimum absolute atomic E-state index is 0.00155. The number of hydrogen-bond acceptors (Lipinski definition) is 4. The van der Waals surface area contributed by atoms with Crippen molar-refractivity contribution in [2.75, 3.05) is 20.2 Å². The summed E-state index contributed by atoms with van der Waals surface area (Å²) in [6, 6.07) is -0.0146. The molecule has 0 radical (unpaired) electrons. The van der Waals surface area contributed by atoms with E-state index in [2.05, 4.69) is 25.5 Å². The molecule has 0 aliphatic heterocycles. The summed E-state index contributed by atoms with van der Waals surface area (Å²) in [5.41, 5.74) is 5.80. The van der Waals surface area contributed by atoms with Crippen molar-refractivity contribution in [2.24, 2.45) is 17.1 Å². The summed E-state index contributed by atoms with van der Waals surface area (Å²) in [5.74, 6) is 0.0200. The van der Waals surface area contributed by atoms with Crippen LogP contribution in [0.2, 0.25) is 0 Å². The van der Waals surface area contributed by atoms with Gasteiger partial charge in [0.25, 0.3) is 0 Å². The normalized spacial score (nSPS) is 13.1. The van der Waals surface area contributed by atoms with E-state index in [1.165, 1.54) is 7.11 Å². The Labute approximate surface area is 129 Å². The number of rotatable bonds is 8. The molecule has 0 heterocycles. The molecule has 0 aromatic heterocycles. The van der Waals surface area contributed by atoms with Gasteiger partial charge in [0.1, 0.15) is 6.54 Å². The van der Waals surface area contributed by atoms with Gasteiger partial charge in [-0.2, -0.15) is 0 Å². The summed E-state index contributed by atoms with van der Waals surface area (Å²) in [6.45, 7) is 11.0. The number of nitrogens with zero attached hydrogens (tertiary/aromatic N) is 1. The van der Waals surface area contributed by atoms with Crippen LogP contribution in [0.3, 0.4) is 0 Å². The van der Waals surface area contributed by atoms with Crippen LogP contribution in [0, 0.1) is 11.3 Å². The summed E-state index contributed by atoms with van der Waals surface area (Å²) < 4.78 is 4.65. The maximum Gasteiger partial charge on any atom is 0.325 e. The van der Waals surface area contributed by atoms with Crippen LogP contribution in [0.15, 0.2) is 0 Å². The van der Waals surface area contributed by atoms with Crippen LogP contribution >= 0.6 is 0 Å². The van der Waals surface area contributed by atoms with Gasteiger partial charge in [0.15, 0.2) is 0 Å². The average Bonchev–Trinajstić information content (AvgIpc) is 2.38. The number of ether oxygens (including phenoxy) is 1. The van der Waals surface area contributed by atoms with E-state index in [-0.39, 0.29) is 29.9 Å². The molecule has 5 nitrogen and oxygen atoms in total. The first-order valence-corrected chi connectivity index (χ1v) is 7.69. The van der Waals surface area contributed by atoms with Crippen molar-refractivity contribution in [3.63, 3.8) is 0 Å². The maximum atomic E-state index is 12.4. The number of hydrogen-bond donors (Lipinski definition) is 1. The zero-order valence-electron chi connectivity index (χ0n) is 14.4. The van der Waals surface area contributed by atoms with Crippen LogP contribution in [-0.4, -0.2) is 43.0 Å². The van der Waals surface area contributed by atoms with E-state index in [4.69, 9.17) is 5.73 Å². The molecule has 0 rings (SSSR count). The highest BCUT2D eigenvalue weighted by molar-refractivity contribution is 5.82. The first-order valence-electron chi connectivity index (χ1n) is 7.69. The zero-order valence-corrected chi connectivity index (χ0v) is 14.4. The lowest BCUT2D eigenvalue weighted by Crippen LogP contribution is -2.41. The molecule has 0 spiro atoms. The highest BCUT2D eigenvalue weighted by atomic mass is 16.5. The van der Waals surface area contributed by atoms with Crippen molar-refractivity contribution in [1.82, 2.24) is 4.90 Å². The molecule has 0 aliphatic carbocycles. The Morgan fingerprint density at radius 1 is 1.19 bits per heavy atom. The van der Waals surface area contributed by atoms with Crippen molar-refractivity contribution in [3.05, 3.63) is 0 Å². The molecule has 0 bridgehead atoms. The highest BCUT2D eigenvalue weighted by Gasteiger charge is 2.26. The summed E-state index contributed by atoms with van der Waals surface area (Å²) in [4.78, 5) is 25.3. The molecule has 0 aromatic rings. The molecule has 2 N–H and O–H groups in total. The number of esters is 1.